The van der Waals surface area contributed by atoms with Crippen LogP contribution >= 0.6 is 37.9 Å². The molecule has 0 aliphatic rings. The van der Waals surface area contributed by atoms with Gasteiger partial charge in [-0.3, -0.25) is 0 Å². The van der Waals surface area contributed by atoms with Gasteiger partial charge in [0.25, 0.3) is 9.05 Å². The number of halogens is 2. The van der Waals surface area contributed by atoms with Crippen LogP contribution in [0.1, 0.15) is 4.88 Å². The Balaban J connectivity index is 2.92. The molecule has 1 aromatic heterocycles. The molecule has 68 valence electrons. The fraction of sp³-hybridized carbons (Fsp3) is 0.333. The molecule has 0 fully saturated rings. The molecule has 0 spiro atoms. The van der Waals surface area contributed by atoms with Crippen LogP contribution in [0.4, 0.5) is 0 Å². The normalized spacial score (nSPS) is 11.8. The lowest BCUT2D eigenvalue weighted by atomic mass is 10.4. The summed E-state index contributed by atoms with van der Waals surface area (Å²) >= 11 is 4.48. The van der Waals surface area contributed by atoms with E-state index in [2.05, 4.69) is 15.9 Å². The van der Waals surface area contributed by atoms with Gasteiger partial charge in [0.05, 0.1) is 0 Å². The fourth-order valence-corrected chi connectivity index (χ4v) is 3.53. The monoisotopic (exact) mass is 288 g/mol. The molecule has 0 aliphatic carbocycles. The SMILES string of the molecule is O=S(=O)(Cl)c1ccc(CCBr)s1. The number of thiophene rings is 1. The first-order valence-corrected chi connectivity index (χ1v) is 7.38. The minimum Gasteiger partial charge on any atom is -0.206 e. The maximum atomic E-state index is 10.8. The third-order valence-electron chi connectivity index (χ3n) is 1.22. The van der Waals surface area contributed by atoms with Crippen LogP contribution in [0.25, 0.3) is 0 Å². The zero-order valence-corrected chi connectivity index (χ0v) is 9.93. The quantitative estimate of drug-likeness (QED) is 0.633. The summed E-state index contributed by atoms with van der Waals surface area (Å²) in [5.74, 6) is 0. The third kappa shape index (κ3) is 2.73. The molecule has 0 amide bonds. The van der Waals surface area contributed by atoms with Crippen LogP contribution in [0.15, 0.2) is 16.3 Å². The van der Waals surface area contributed by atoms with E-state index in [9.17, 15) is 8.42 Å². The van der Waals surface area contributed by atoms with Crippen LogP contribution in [0.3, 0.4) is 0 Å². The van der Waals surface area contributed by atoms with Crippen LogP contribution in [0.5, 0.6) is 0 Å². The summed E-state index contributed by atoms with van der Waals surface area (Å²) in [4.78, 5) is 1.02. The molecule has 1 rings (SSSR count). The highest BCUT2D eigenvalue weighted by atomic mass is 79.9. The Morgan fingerprint density at radius 1 is 1.50 bits per heavy atom. The molecule has 0 saturated carbocycles. The van der Waals surface area contributed by atoms with Gasteiger partial charge in [-0.25, -0.2) is 8.42 Å². The first kappa shape index (κ1) is 10.5. The largest absolute Gasteiger partial charge is 0.270 e. The lowest BCUT2D eigenvalue weighted by Gasteiger charge is -1.88. The van der Waals surface area contributed by atoms with E-state index in [1.165, 1.54) is 17.4 Å². The van der Waals surface area contributed by atoms with Crippen molar-refractivity contribution >= 4 is 47.0 Å². The van der Waals surface area contributed by atoms with Gasteiger partial charge in [0.2, 0.25) is 0 Å². The van der Waals surface area contributed by atoms with Crippen LogP contribution in [0, 0.1) is 0 Å². The molecule has 0 radical (unpaired) electrons. The van der Waals surface area contributed by atoms with E-state index in [0.29, 0.717) is 0 Å². The zero-order valence-electron chi connectivity index (χ0n) is 5.96. The van der Waals surface area contributed by atoms with E-state index in [1.54, 1.807) is 6.07 Å². The van der Waals surface area contributed by atoms with Crippen molar-refractivity contribution in [3.05, 3.63) is 17.0 Å². The van der Waals surface area contributed by atoms with Crippen molar-refractivity contribution in [2.45, 2.75) is 10.6 Å². The Morgan fingerprint density at radius 2 is 2.17 bits per heavy atom. The predicted molar refractivity (Wildman–Crippen MR) is 54.9 cm³/mol. The summed E-state index contributed by atoms with van der Waals surface area (Å²) < 4.78 is 21.9. The molecule has 0 unspecified atom stereocenters. The van der Waals surface area contributed by atoms with E-state index >= 15 is 0 Å². The molecular formula is C6H6BrClO2S2. The van der Waals surface area contributed by atoms with Crippen molar-refractivity contribution in [1.82, 2.24) is 0 Å². The minimum atomic E-state index is -3.52. The van der Waals surface area contributed by atoms with Crippen molar-refractivity contribution in [3.63, 3.8) is 0 Å². The lowest BCUT2D eigenvalue weighted by Crippen LogP contribution is -1.83. The highest BCUT2D eigenvalue weighted by molar-refractivity contribution is 9.09. The molecule has 0 aliphatic heterocycles. The van der Waals surface area contributed by atoms with E-state index < -0.39 is 9.05 Å². The van der Waals surface area contributed by atoms with E-state index in [4.69, 9.17) is 10.7 Å². The molecule has 6 heteroatoms. The molecule has 0 atom stereocenters. The first-order valence-electron chi connectivity index (χ1n) is 3.13. The Labute approximate surface area is 88.1 Å². The summed E-state index contributed by atoms with van der Waals surface area (Å²) in [5, 5.41) is 0.829. The third-order valence-corrected chi connectivity index (χ3v) is 4.85. The van der Waals surface area contributed by atoms with Crippen molar-refractivity contribution in [2.24, 2.45) is 0 Å². The standard InChI is InChI=1S/C6H6BrClO2S2/c7-4-3-5-1-2-6(11-5)12(8,9)10/h1-2H,3-4H2. The molecule has 0 aromatic carbocycles. The van der Waals surface area contributed by atoms with E-state index in [1.807, 2.05) is 0 Å². The van der Waals surface area contributed by atoms with Crippen molar-refractivity contribution < 1.29 is 8.42 Å². The molecule has 1 heterocycles. The smallest absolute Gasteiger partial charge is 0.206 e. The molecule has 1 aromatic rings. The minimum absolute atomic E-state index is 0.222. The highest BCUT2D eigenvalue weighted by Gasteiger charge is 2.12. The predicted octanol–water partition coefficient (Wildman–Crippen LogP) is 2.61. The Bertz CT molecular complexity index is 357. The average Bonchev–Trinajstić information content (AvgIpc) is 2.35. The second-order valence-electron chi connectivity index (χ2n) is 2.10. The van der Waals surface area contributed by atoms with E-state index in [0.717, 1.165) is 16.6 Å². The van der Waals surface area contributed by atoms with Crippen molar-refractivity contribution in [3.8, 4) is 0 Å². The Kier molecular flexibility index (Phi) is 3.58. The van der Waals surface area contributed by atoms with Gasteiger partial charge in [0.15, 0.2) is 0 Å². The van der Waals surface area contributed by atoms with Gasteiger partial charge in [-0.2, -0.15) is 0 Å². The van der Waals surface area contributed by atoms with Crippen LogP contribution < -0.4 is 0 Å². The van der Waals surface area contributed by atoms with Crippen LogP contribution in [-0.2, 0) is 15.5 Å². The molecule has 0 bridgehead atoms. The van der Waals surface area contributed by atoms with E-state index in [-0.39, 0.29) is 4.21 Å². The molecule has 0 N–H and O–H groups in total. The van der Waals surface area contributed by atoms with Gasteiger partial charge in [-0.15, -0.1) is 11.3 Å². The molecule has 2 nitrogen and oxygen atoms in total. The van der Waals surface area contributed by atoms with Gasteiger partial charge < -0.3 is 0 Å². The number of hydrogen-bond acceptors (Lipinski definition) is 3. The van der Waals surface area contributed by atoms with Gasteiger partial charge in [0, 0.05) is 20.9 Å². The average molecular weight is 290 g/mol. The molecular weight excluding hydrogens is 284 g/mol. The maximum absolute atomic E-state index is 10.8. The van der Waals surface area contributed by atoms with Gasteiger partial charge in [-0.1, -0.05) is 15.9 Å². The number of rotatable bonds is 3. The first-order chi connectivity index (χ1) is 5.54. The Hall–Kier alpha value is 0.420. The maximum Gasteiger partial charge on any atom is 0.270 e. The van der Waals surface area contributed by atoms with Gasteiger partial charge >= 0.3 is 0 Å². The Morgan fingerprint density at radius 3 is 2.58 bits per heavy atom. The second kappa shape index (κ2) is 4.09. The summed E-state index contributed by atoms with van der Waals surface area (Å²) in [6, 6.07) is 3.31. The van der Waals surface area contributed by atoms with Crippen molar-refractivity contribution in [2.75, 3.05) is 5.33 Å². The molecule has 12 heavy (non-hydrogen) atoms. The summed E-state index contributed by atoms with van der Waals surface area (Å²) in [6.07, 6.45) is 0.830. The van der Waals surface area contributed by atoms with Crippen LogP contribution in [-0.4, -0.2) is 13.7 Å². The van der Waals surface area contributed by atoms with Crippen LogP contribution in [0.2, 0.25) is 0 Å². The topological polar surface area (TPSA) is 34.1 Å². The molecule has 0 saturated heterocycles. The number of aryl methyl sites for hydroxylation is 1. The summed E-state index contributed by atoms with van der Waals surface area (Å²) in [6.45, 7) is 0. The summed E-state index contributed by atoms with van der Waals surface area (Å²) in [5.41, 5.74) is 0. The van der Waals surface area contributed by atoms with Gasteiger partial charge in [0.1, 0.15) is 4.21 Å². The number of alkyl halides is 1. The lowest BCUT2D eigenvalue weighted by molar-refractivity contribution is 0.611. The van der Waals surface area contributed by atoms with Crippen molar-refractivity contribution in [1.29, 1.82) is 0 Å². The zero-order chi connectivity index (χ0) is 9.19. The highest BCUT2D eigenvalue weighted by Crippen LogP contribution is 2.25. The summed E-state index contributed by atoms with van der Waals surface area (Å²) in [7, 11) is 1.62. The second-order valence-corrected chi connectivity index (χ2v) is 6.85. The number of hydrogen-bond donors (Lipinski definition) is 0. The van der Waals surface area contributed by atoms with Gasteiger partial charge in [-0.05, 0) is 18.6 Å². The fourth-order valence-electron chi connectivity index (χ4n) is 0.717.